The third-order valence-electron chi connectivity index (χ3n) is 5.31. The summed E-state index contributed by atoms with van der Waals surface area (Å²) in [4.78, 5) is 17.3. The fourth-order valence-electron chi connectivity index (χ4n) is 3.76. The Bertz CT molecular complexity index is 861. The van der Waals surface area contributed by atoms with Crippen LogP contribution in [0.2, 0.25) is 0 Å². The zero-order chi connectivity index (χ0) is 21.9. The smallest absolute Gasteiger partial charge is 0.233 e. The maximum atomic E-state index is 13.2. The van der Waals surface area contributed by atoms with Gasteiger partial charge < -0.3 is 19.1 Å². The minimum Gasteiger partial charge on any atom is -0.378 e. The van der Waals surface area contributed by atoms with E-state index in [-0.39, 0.29) is 17.4 Å². The molecule has 2 aromatic rings. The van der Waals surface area contributed by atoms with E-state index in [9.17, 15) is 4.79 Å². The lowest BCUT2D eigenvalue weighted by Crippen LogP contribution is -2.40. The Morgan fingerprint density at radius 1 is 1.23 bits per heavy atom. The highest BCUT2D eigenvalue weighted by molar-refractivity contribution is 5.78. The molecule has 6 nitrogen and oxygen atoms in total. The van der Waals surface area contributed by atoms with Gasteiger partial charge in [0.2, 0.25) is 11.8 Å². The van der Waals surface area contributed by atoms with Crippen molar-refractivity contribution in [3.05, 3.63) is 35.4 Å². The van der Waals surface area contributed by atoms with Crippen LogP contribution in [-0.2, 0) is 16.1 Å². The van der Waals surface area contributed by atoms with Crippen LogP contribution in [0, 0.1) is 12.3 Å². The molecule has 0 unspecified atom stereocenters. The summed E-state index contributed by atoms with van der Waals surface area (Å²) in [5, 5.41) is 4.45. The molecule has 3 rings (SSSR count). The number of nitrogens with zero attached hydrogens (tertiary/aromatic N) is 3. The first kappa shape index (κ1) is 22.3. The molecule has 6 heteroatoms. The fraction of sp³-hybridized carbons (Fsp3) is 0.583. The van der Waals surface area contributed by atoms with Crippen LogP contribution in [-0.4, -0.2) is 48.3 Å². The molecular formula is C24H35N3O3. The third-order valence-corrected chi connectivity index (χ3v) is 5.31. The summed E-state index contributed by atoms with van der Waals surface area (Å²) in [7, 11) is 0. The molecule has 164 valence electrons. The zero-order valence-electron chi connectivity index (χ0n) is 19.2. The Labute approximate surface area is 180 Å². The average molecular weight is 414 g/mol. The van der Waals surface area contributed by atoms with Crippen LogP contribution in [0.25, 0.3) is 11.3 Å². The summed E-state index contributed by atoms with van der Waals surface area (Å²) in [6.45, 7) is 15.8. The number of anilines is 1. The van der Waals surface area contributed by atoms with E-state index in [0.717, 1.165) is 35.8 Å². The van der Waals surface area contributed by atoms with Crippen molar-refractivity contribution in [2.45, 2.75) is 60.5 Å². The molecule has 0 spiro atoms. The molecule has 2 heterocycles. The van der Waals surface area contributed by atoms with Gasteiger partial charge in [0.05, 0.1) is 25.3 Å². The number of carbonyl (C=O) groups is 1. The Kier molecular flexibility index (Phi) is 6.86. The Balaban J connectivity index is 2.00. The lowest BCUT2D eigenvalue weighted by Gasteiger charge is -2.31. The van der Waals surface area contributed by atoms with Crippen molar-refractivity contribution < 1.29 is 14.1 Å². The SMILES string of the molecule is Cc1cccc(-c2noc(N3CCOCC3)c2CN(C(=O)CC(C)(C)C)C(C)C)c1. The minimum absolute atomic E-state index is 0.0642. The third kappa shape index (κ3) is 5.42. The maximum absolute atomic E-state index is 13.2. The van der Waals surface area contributed by atoms with E-state index >= 15 is 0 Å². The molecule has 30 heavy (non-hydrogen) atoms. The van der Waals surface area contributed by atoms with Crippen molar-refractivity contribution in [3.63, 3.8) is 0 Å². The topological polar surface area (TPSA) is 58.8 Å². The Morgan fingerprint density at radius 2 is 1.93 bits per heavy atom. The zero-order valence-corrected chi connectivity index (χ0v) is 19.2. The molecule has 1 saturated heterocycles. The second-order valence-corrected chi connectivity index (χ2v) is 9.64. The van der Waals surface area contributed by atoms with E-state index in [2.05, 4.69) is 63.7 Å². The molecule has 1 aliphatic heterocycles. The van der Waals surface area contributed by atoms with Crippen LogP contribution >= 0.6 is 0 Å². The van der Waals surface area contributed by atoms with Crippen molar-refractivity contribution in [2.24, 2.45) is 5.41 Å². The van der Waals surface area contributed by atoms with Crippen molar-refractivity contribution >= 4 is 11.8 Å². The van der Waals surface area contributed by atoms with E-state index in [1.54, 1.807) is 0 Å². The predicted octanol–water partition coefficient (Wildman–Crippen LogP) is 4.66. The molecule has 0 saturated carbocycles. The van der Waals surface area contributed by atoms with Crippen molar-refractivity contribution in [3.8, 4) is 11.3 Å². The van der Waals surface area contributed by atoms with Gasteiger partial charge >= 0.3 is 0 Å². The second-order valence-electron chi connectivity index (χ2n) is 9.64. The Hall–Kier alpha value is -2.34. The van der Waals surface area contributed by atoms with Crippen molar-refractivity contribution in [1.29, 1.82) is 0 Å². The molecule has 0 radical (unpaired) electrons. The van der Waals surface area contributed by atoms with Gasteiger partial charge in [0.1, 0.15) is 5.69 Å². The Morgan fingerprint density at radius 3 is 2.53 bits per heavy atom. The van der Waals surface area contributed by atoms with Gasteiger partial charge in [0.25, 0.3) is 0 Å². The van der Waals surface area contributed by atoms with Gasteiger partial charge in [-0.15, -0.1) is 0 Å². The highest BCUT2D eigenvalue weighted by Gasteiger charge is 2.29. The maximum Gasteiger partial charge on any atom is 0.233 e. The lowest BCUT2D eigenvalue weighted by molar-refractivity contribution is -0.135. The lowest BCUT2D eigenvalue weighted by atomic mass is 9.91. The summed E-state index contributed by atoms with van der Waals surface area (Å²) < 4.78 is 11.4. The molecular weight excluding hydrogens is 378 g/mol. The van der Waals surface area contributed by atoms with Crippen molar-refractivity contribution in [2.75, 3.05) is 31.2 Å². The monoisotopic (exact) mass is 413 g/mol. The van der Waals surface area contributed by atoms with Crippen LogP contribution in [0.3, 0.4) is 0 Å². The number of hydrogen-bond acceptors (Lipinski definition) is 5. The van der Waals surface area contributed by atoms with Crippen LogP contribution in [0.1, 0.15) is 52.2 Å². The molecule has 1 aromatic heterocycles. The minimum atomic E-state index is -0.0642. The quantitative estimate of drug-likeness (QED) is 0.689. The van der Waals surface area contributed by atoms with E-state index in [0.29, 0.717) is 26.2 Å². The number of aromatic nitrogens is 1. The largest absolute Gasteiger partial charge is 0.378 e. The molecule has 0 atom stereocenters. The van der Waals surface area contributed by atoms with Crippen LogP contribution < -0.4 is 4.90 Å². The number of morpholine rings is 1. The highest BCUT2D eigenvalue weighted by Crippen LogP contribution is 2.34. The molecule has 1 amide bonds. The van der Waals surface area contributed by atoms with Crippen molar-refractivity contribution in [1.82, 2.24) is 10.1 Å². The predicted molar refractivity (Wildman–Crippen MR) is 119 cm³/mol. The molecule has 1 aliphatic rings. The number of amides is 1. The fourth-order valence-corrected chi connectivity index (χ4v) is 3.76. The first-order chi connectivity index (χ1) is 14.2. The summed E-state index contributed by atoms with van der Waals surface area (Å²) >= 11 is 0. The highest BCUT2D eigenvalue weighted by atomic mass is 16.5. The summed E-state index contributed by atoms with van der Waals surface area (Å²) in [6.07, 6.45) is 0.503. The summed E-state index contributed by atoms with van der Waals surface area (Å²) in [5.74, 6) is 0.908. The molecule has 0 N–H and O–H groups in total. The normalized spacial score (nSPS) is 15.0. The van der Waals surface area contributed by atoms with Crippen LogP contribution in [0.5, 0.6) is 0 Å². The molecule has 0 aliphatic carbocycles. The van der Waals surface area contributed by atoms with Gasteiger partial charge in [0, 0.05) is 31.1 Å². The summed E-state index contributed by atoms with van der Waals surface area (Å²) in [5.41, 5.74) is 3.90. The molecule has 1 fully saturated rings. The van der Waals surface area contributed by atoms with E-state index < -0.39 is 0 Å². The van der Waals surface area contributed by atoms with Gasteiger partial charge in [-0.2, -0.15) is 0 Å². The van der Waals surface area contributed by atoms with Gasteiger partial charge in [-0.25, -0.2) is 0 Å². The van der Waals surface area contributed by atoms with E-state index in [1.165, 1.54) is 5.56 Å². The molecule has 0 bridgehead atoms. The van der Waals surface area contributed by atoms with E-state index in [4.69, 9.17) is 9.26 Å². The van der Waals surface area contributed by atoms with Gasteiger partial charge in [-0.1, -0.05) is 49.7 Å². The number of aryl methyl sites for hydroxylation is 1. The number of hydrogen-bond donors (Lipinski definition) is 0. The number of ether oxygens (including phenoxy) is 1. The standard InChI is InChI=1S/C24H35N3O3/c1-17(2)27(21(28)15-24(4,5)6)16-20-22(19-9-7-8-18(3)14-19)25-30-23(20)26-10-12-29-13-11-26/h7-9,14,17H,10-13,15-16H2,1-6H3. The number of carbonyl (C=O) groups excluding carboxylic acids is 1. The van der Waals surface area contributed by atoms with Gasteiger partial charge in [0.15, 0.2) is 0 Å². The molecule has 1 aromatic carbocycles. The second kappa shape index (κ2) is 9.21. The summed E-state index contributed by atoms with van der Waals surface area (Å²) in [6, 6.07) is 8.34. The first-order valence-electron chi connectivity index (χ1n) is 10.8. The number of benzene rings is 1. The van der Waals surface area contributed by atoms with Gasteiger partial charge in [-0.3, -0.25) is 4.79 Å². The first-order valence-corrected chi connectivity index (χ1v) is 10.8. The van der Waals surface area contributed by atoms with Gasteiger partial charge in [-0.05, 0) is 32.3 Å². The van der Waals surface area contributed by atoms with Crippen LogP contribution in [0.4, 0.5) is 5.88 Å². The number of rotatable bonds is 6. The van der Waals surface area contributed by atoms with E-state index in [1.807, 2.05) is 17.0 Å². The van der Waals surface area contributed by atoms with Crippen LogP contribution in [0.15, 0.2) is 28.8 Å². The average Bonchev–Trinajstić information content (AvgIpc) is 3.08.